The molecule has 4 nitrogen and oxygen atoms in total. The molecule has 0 aliphatic carbocycles. The van der Waals surface area contributed by atoms with Crippen LogP contribution in [0.1, 0.15) is 18.1 Å². The molecule has 0 radical (unpaired) electrons. The Labute approximate surface area is 136 Å². The van der Waals surface area contributed by atoms with E-state index >= 15 is 0 Å². The van der Waals surface area contributed by atoms with Gasteiger partial charge in [0.1, 0.15) is 11.6 Å². The van der Waals surface area contributed by atoms with Gasteiger partial charge in [0.05, 0.1) is 6.10 Å². The molecular formula is C18H22FN3O. The third-order valence-corrected chi connectivity index (χ3v) is 4.30. The van der Waals surface area contributed by atoms with E-state index in [1.54, 1.807) is 24.4 Å². The molecule has 0 amide bonds. The van der Waals surface area contributed by atoms with Crippen LogP contribution in [0.15, 0.2) is 48.7 Å². The number of aromatic nitrogens is 1. The second kappa shape index (κ2) is 7.53. The third kappa shape index (κ3) is 4.27. The molecule has 1 aromatic carbocycles. The summed E-state index contributed by atoms with van der Waals surface area (Å²) < 4.78 is 13.7. The van der Waals surface area contributed by atoms with Gasteiger partial charge in [-0.15, -0.1) is 0 Å². The molecule has 1 fully saturated rings. The summed E-state index contributed by atoms with van der Waals surface area (Å²) >= 11 is 0. The topological polar surface area (TPSA) is 48.4 Å². The number of hydrogen-bond donors (Lipinski definition) is 2. The Balaban J connectivity index is 1.47. The fourth-order valence-electron chi connectivity index (χ4n) is 3.05. The lowest BCUT2D eigenvalue weighted by Gasteiger charge is -2.21. The van der Waals surface area contributed by atoms with E-state index in [9.17, 15) is 9.50 Å². The number of anilines is 1. The third-order valence-electron chi connectivity index (χ3n) is 4.30. The van der Waals surface area contributed by atoms with Crippen LogP contribution >= 0.6 is 0 Å². The maximum Gasteiger partial charge on any atom is 0.129 e. The van der Waals surface area contributed by atoms with Crippen molar-refractivity contribution >= 4 is 5.82 Å². The lowest BCUT2D eigenvalue weighted by molar-refractivity contribution is 0.121. The van der Waals surface area contributed by atoms with Gasteiger partial charge in [0.2, 0.25) is 0 Å². The predicted molar refractivity (Wildman–Crippen MR) is 88.6 cm³/mol. The highest BCUT2D eigenvalue weighted by molar-refractivity contribution is 5.33. The highest BCUT2D eigenvalue weighted by Crippen LogP contribution is 2.22. The second-order valence-corrected chi connectivity index (χ2v) is 6.05. The molecule has 1 aliphatic rings. The molecule has 1 aliphatic heterocycles. The molecule has 0 bridgehead atoms. The summed E-state index contributed by atoms with van der Waals surface area (Å²) in [7, 11) is 0. The molecule has 5 heteroatoms. The van der Waals surface area contributed by atoms with Crippen LogP contribution in [-0.4, -0.2) is 41.2 Å². The Morgan fingerprint density at radius 3 is 2.87 bits per heavy atom. The summed E-state index contributed by atoms with van der Waals surface area (Å²) in [4.78, 5) is 6.45. The zero-order valence-corrected chi connectivity index (χ0v) is 13.0. The molecule has 0 spiro atoms. The van der Waals surface area contributed by atoms with Gasteiger partial charge in [-0.1, -0.05) is 24.3 Å². The van der Waals surface area contributed by atoms with Crippen molar-refractivity contribution in [3.05, 3.63) is 60.0 Å². The molecule has 0 saturated carbocycles. The van der Waals surface area contributed by atoms with Crippen LogP contribution in [0.25, 0.3) is 0 Å². The number of aliphatic hydroxyl groups excluding tert-OH is 1. The van der Waals surface area contributed by atoms with Gasteiger partial charge in [-0.05, 0) is 37.1 Å². The first-order valence-corrected chi connectivity index (χ1v) is 8.02. The van der Waals surface area contributed by atoms with Crippen molar-refractivity contribution in [2.45, 2.75) is 12.5 Å². The number of likely N-dealkylation sites (tertiary alicyclic amines) is 1. The SMILES string of the molecule is O[C@@H](CN1CC[C@H](CNc2ccccn2)C1)c1ccccc1F. The highest BCUT2D eigenvalue weighted by atomic mass is 19.1. The minimum absolute atomic E-state index is 0.340. The summed E-state index contributed by atoms with van der Waals surface area (Å²) in [6, 6.07) is 12.2. The Hall–Kier alpha value is -1.98. The number of benzene rings is 1. The van der Waals surface area contributed by atoms with Gasteiger partial charge in [-0.2, -0.15) is 0 Å². The summed E-state index contributed by atoms with van der Waals surface area (Å²) in [6.45, 7) is 3.18. The number of rotatable bonds is 6. The monoisotopic (exact) mass is 315 g/mol. The van der Waals surface area contributed by atoms with Crippen molar-refractivity contribution in [3.63, 3.8) is 0 Å². The number of β-amino-alcohol motifs (C(OH)–C–C–N with tert-alkyl or cyclic N) is 1. The first-order chi connectivity index (χ1) is 11.2. The summed E-state index contributed by atoms with van der Waals surface area (Å²) in [5.41, 5.74) is 0.377. The molecule has 1 saturated heterocycles. The average Bonchev–Trinajstić information content (AvgIpc) is 3.02. The van der Waals surface area contributed by atoms with Gasteiger partial charge < -0.3 is 15.3 Å². The fraction of sp³-hybridized carbons (Fsp3) is 0.389. The van der Waals surface area contributed by atoms with Gasteiger partial charge in [0.25, 0.3) is 0 Å². The quantitative estimate of drug-likeness (QED) is 0.860. The smallest absolute Gasteiger partial charge is 0.129 e. The maximum atomic E-state index is 13.7. The Morgan fingerprint density at radius 2 is 2.09 bits per heavy atom. The summed E-state index contributed by atoms with van der Waals surface area (Å²) in [5, 5.41) is 13.6. The van der Waals surface area contributed by atoms with Crippen molar-refractivity contribution < 1.29 is 9.50 Å². The van der Waals surface area contributed by atoms with Crippen molar-refractivity contribution in [2.24, 2.45) is 5.92 Å². The Morgan fingerprint density at radius 1 is 1.26 bits per heavy atom. The highest BCUT2D eigenvalue weighted by Gasteiger charge is 2.25. The number of pyridine rings is 1. The Bertz CT molecular complexity index is 623. The van der Waals surface area contributed by atoms with Gasteiger partial charge in [-0.25, -0.2) is 9.37 Å². The van der Waals surface area contributed by atoms with Gasteiger partial charge in [0, 0.05) is 31.4 Å². The van der Waals surface area contributed by atoms with E-state index in [0.717, 1.165) is 31.9 Å². The zero-order chi connectivity index (χ0) is 16.1. The van der Waals surface area contributed by atoms with E-state index < -0.39 is 6.10 Å². The van der Waals surface area contributed by atoms with Crippen molar-refractivity contribution in [1.29, 1.82) is 0 Å². The number of nitrogens with zero attached hydrogens (tertiary/aromatic N) is 2. The minimum Gasteiger partial charge on any atom is -0.387 e. The van der Waals surface area contributed by atoms with E-state index in [0.29, 0.717) is 18.0 Å². The van der Waals surface area contributed by atoms with Crippen LogP contribution in [-0.2, 0) is 0 Å². The minimum atomic E-state index is -0.779. The first kappa shape index (κ1) is 15.9. The maximum absolute atomic E-state index is 13.7. The molecule has 2 aromatic rings. The molecular weight excluding hydrogens is 293 g/mol. The van der Waals surface area contributed by atoms with Crippen LogP contribution in [0, 0.1) is 11.7 Å². The lowest BCUT2D eigenvalue weighted by atomic mass is 10.1. The van der Waals surface area contributed by atoms with Crippen LogP contribution < -0.4 is 5.32 Å². The molecule has 122 valence electrons. The van der Waals surface area contributed by atoms with Gasteiger partial charge in [0.15, 0.2) is 0 Å². The van der Waals surface area contributed by atoms with E-state index in [4.69, 9.17) is 0 Å². The Kier molecular flexibility index (Phi) is 5.20. The summed E-state index contributed by atoms with van der Waals surface area (Å²) in [5.74, 6) is 1.06. The average molecular weight is 315 g/mol. The fourth-order valence-corrected chi connectivity index (χ4v) is 3.05. The van der Waals surface area contributed by atoms with Gasteiger partial charge in [-0.3, -0.25) is 0 Å². The molecule has 0 unspecified atom stereocenters. The van der Waals surface area contributed by atoms with Crippen molar-refractivity contribution in [1.82, 2.24) is 9.88 Å². The molecule has 3 rings (SSSR count). The summed E-state index contributed by atoms with van der Waals surface area (Å²) in [6.07, 6.45) is 2.07. The molecule has 2 N–H and O–H groups in total. The van der Waals surface area contributed by atoms with E-state index in [-0.39, 0.29) is 5.82 Å². The molecule has 2 atom stereocenters. The largest absolute Gasteiger partial charge is 0.387 e. The van der Waals surface area contributed by atoms with Crippen LogP contribution in [0.4, 0.5) is 10.2 Å². The standard InChI is InChI=1S/C18H22FN3O/c19-16-6-2-1-5-15(16)17(23)13-22-10-8-14(12-22)11-21-18-7-3-4-9-20-18/h1-7,9,14,17,23H,8,10-13H2,(H,20,21)/t14-,17+/m1/s1. The first-order valence-electron chi connectivity index (χ1n) is 8.02. The number of nitrogens with one attached hydrogen (secondary N) is 1. The van der Waals surface area contributed by atoms with E-state index in [1.807, 2.05) is 18.2 Å². The van der Waals surface area contributed by atoms with Crippen molar-refractivity contribution in [3.8, 4) is 0 Å². The van der Waals surface area contributed by atoms with E-state index in [2.05, 4.69) is 15.2 Å². The predicted octanol–water partition coefficient (Wildman–Crippen LogP) is 2.69. The van der Waals surface area contributed by atoms with Gasteiger partial charge >= 0.3 is 0 Å². The lowest BCUT2D eigenvalue weighted by Crippen LogP contribution is -2.28. The number of aliphatic hydroxyl groups is 1. The molecule has 1 aromatic heterocycles. The molecule has 2 heterocycles. The second-order valence-electron chi connectivity index (χ2n) is 6.05. The van der Waals surface area contributed by atoms with Crippen LogP contribution in [0.5, 0.6) is 0 Å². The van der Waals surface area contributed by atoms with E-state index in [1.165, 1.54) is 6.07 Å². The normalized spacial score (nSPS) is 19.7. The molecule has 23 heavy (non-hydrogen) atoms. The number of halogens is 1. The van der Waals surface area contributed by atoms with Crippen LogP contribution in [0.3, 0.4) is 0 Å². The zero-order valence-electron chi connectivity index (χ0n) is 13.0. The number of hydrogen-bond acceptors (Lipinski definition) is 4. The van der Waals surface area contributed by atoms with Crippen LogP contribution in [0.2, 0.25) is 0 Å². The van der Waals surface area contributed by atoms with Crippen molar-refractivity contribution in [2.75, 3.05) is 31.5 Å².